The summed E-state index contributed by atoms with van der Waals surface area (Å²) in [5.41, 5.74) is 3.93. The Balaban J connectivity index is 2.37. The van der Waals surface area contributed by atoms with Crippen LogP contribution in [0.5, 0.6) is 0 Å². The van der Waals surface area contributed by atoms with Crippen molar-refractivity contribution in [3.05, 3.63) is 108 Å². The van der Waals surface area contributed by atoms with Crippen LogP contribution in [-0.4, -0.2) is 0 Å². The molecule has 1 unspecified atom stereocenters. The van der Waals surface area contributed by atoms with E-state index in [-0.39, 0.29) is 0 Å². The highest BCUT2D eigenvalue weighted by Crippen LogP contribution is 2.29. The van der Waals surface area contributed by atoms with E-state index in [2.05, 4.69) is 79.4 Å². The summed E-state index contributed by atoms with van der Waals surface area (Å²) in [5, 5.41) is 0. The third-order valence-electron chi connectivity index (χ3n) is 3.60. The van der Waals surface area contributed by atoms with Gasteiger partial charge in [0.2, 0.25) is 0 Å². The third-order valence-corrected chi connectivity index (χ3v) is 3.60. The predicted molar refractivity (Wildman–Crippen MR) is 92.4 cm³/mol. The molecule has 0 saturated carbocycles. The van der Waals surface area contributed by atoms with Crippen LogP contribution in [0.4, 0.5) is 0 Å². The zero-order valence-corrected chi connectivity index (χ0v) is 12.6. The van der Waals surface area contributed by atoms with Crippen LogP contribution in [0.1, 0.15) is 24.0 Å². The molecule has 0 heterocycles. The molecule has 0 N–H and O–H groups in total. The third kappa shape index (κ3) is 4.32. The van der Waals surface area contributed by atoms with Crippen molar-refractivity contribution in [1.29, 1.82) is 0 Å². The van der Waals surface area contributed by atoms with Gasteiger partial charge in [0.15, 0.2) is 0 Å². The highest BCUT2D eigenvalue weighted by atomic mass is 14.2. The molecule has 0 amide bonds. The first-order valence-electron chi connectivity index (χ1n) is 7.39. The van der Waals surface area contributed by atoms with Crippen molar-refractivity contribution in [2.45, 2.75) is 19.3 Å². The molecular weight excluding hydrogens is 252 g/mol. The van der Waals surface area contributed by atoms with Gasteiger partial charge in [-0.05, 0) is 30.0 Å². The molecule has 2 rings (SSSR count). The van der Waals surface area contributed by atoms with E-state index in [1.807, 2.05) is 19.1 Å². The summed E-state index contributed by atoms with van der Waals surface area (Å²) in [7, 11) is 0. The topological polar surface area (TPSA) is 0 Å². The Hall–Kier alpha value is -2.34. The van der Waals surface area contributed by atoms with Crippen LogP contribution < -0.4 is 0 Å². The quantitative estimate of drug-likeness (QED) is 0.593. The summed E-state index contributed by atoms with van der Waals surface area (Å²) in [5.74, 6) is 0.335. The van der Waals surface area contributed by atoms with Gasteiger partial charge in [0.25, 0.3) is 0 Å². The van der Waals surface area contributed by atoms with E-state index < -0.39 is 0 Å². The minimum absolute atomic E-state index is 0.335. The molecule has 2 aromatic rings. The second kappa shape index (κ2) is 8.06. The average molecular weight is 274 g/mol. The molecule has 1 atom stereocenters. The minimum atomic E-state index is 0.335. The highest BCUT2D eigenvalue weighted by molar-refractivity contribution is 5.38. The standard InChI is InChI=1S/C21H22/c1-3-5-14-19(4-2)21(20-15-10-7-11-16-20)17-18-12-8-6-9-13-18/h3-16,21H,2,17H2,1H3/b5-3-,19-14+. The Labute approximate surface area is 128 Å². The summed E-state index contributed by atoms with van der Waals surface area (Å²) >= 11 is 0. The van der Waals surface area contributed by atoms with Crippen LogP contribution in [0, 0.1) is 0 Å². The molecule has 0 spiro atoms. The van der Waals surface area contributed by atoms with Crippen molar-refractivity contribution in [3.8, 4) is 0 Å². The maximum absolute atomic E-state index is 4.00. The first-order valence-corrected chi connectivity index (χ1v) is 7.39. The van der Waals surface area contributed by atoms with Gasteiger partial charge < -0.3 is 0 Å². The van der Waals surface area contributed by atoms with E-state index in [4.69, 9.17) is 0 Å². The smallest absolute Gasteiger partial charge is 0.0129 e. The summed E-state index contributed by atoms with van der Waals surface area (Å²) in [6.45, 7) is 6.03. The molecule has 2 aromatic carbocycles. The molecule has 0 aromatic heterocycles. The van der Waals surface area contributed by atoms with Gasteiger partial charge in [0.05, 0.1) is 0 Å². The highest BCUT2D eigenvalue weighted by Gasteiger charge is 2.14. The summed E-state index contributed by atoms with van der Waals surface area (Å²) < 4.78 is 0. The van der Waals surface area contributed by atoms with E-state index >= 15 is 0 Å². The van der Waals surface area contributed by atoms with Crippen LogP contribution in [-0.2, 0) is 6.42 Å². The van der Waals surface area contributed by atoms with Crippen molar-refractivity contribution in [2.24, 2.45) is 0 Å². The maximum atomic E-state index is 4.00. The van der Waals surface area contributed by atoms with E-state index in [1.54, 1.807) is 0 Å². The first-order chi connectivity index (χ1) is 10.3. The molecule has 0 aliphatic carbocycles. The fourth-order valence-corrected chi connectivity index (χ4v) is 2.50. The molecule has 0 fully saturated rings. The summed E-state index contributed by atoms with van der Waals surface area (Å²) in [4.78, 5) is 0. The lowest BCUT2D eigenvalue weighted by molar-refractivity contribution is 0.804. The molecule has 0 heteroatoms. The molecule has 0 radical (unpaired) electrons. The SMILES string of the molecule is C=C/C(=C\C=C/C)C(Cc1ccccc1)c1ccccc1. The molecule has 106 valence electrons. The molecule has 0 nitrogen and oxygen atoms in total. The van der Waals surface area contributed by atoms with Crippen LogP contribution in [0.25, 0.3) is 0 Å². The van der Waals surface area contributed by atoms with Crippen molar-refractivity contribution >= 4 is 0 Å². The van der Waals surface area contributed by atoms with Crippen molar-refractivity contribution in [1.82, 2.24) is 0 Å². The predicted octanol–water partition coefficient (Wildman–Crippen LogP) is 5.70. The number of hydrogen-bond donors (Lipinski definition) is 0. The van der Waals surface area contributed by atoms with Gasteiger partial charge in [0.1, 0.15) is 0 Å². The van der Waals surface area contributed by atoms with Gasteiger partial charge in [-0.2, -0.15) is 0 Å². The molecule has 0 saturated heterocycles. The normalized spacial score (nSPS) is 13.3. The zero-order valence-electron chi connectivity index (χ0n) is 12.6. The Bertz CT molecular complexity index is 603. The lowest BCUT2D eigenvalue weighted by Gasteiger charge is -2.19. The molecular formula is C21H22. The number of benzene rings is 2. The van der Waals surface area contributed by atoms with Crippen molar-refractivity contribution in [3.63, 3.8) is 0 Å². The van der Waals surface area contributed by atoms with Gasteiger partial charge in [0, 0.05) is 5.92 Å². The van der Waals surface area contributed by atoms with Gasteiger partial charge in [-0.3, -0.25) is 0 Å². The van der Waals surface area contributed by atoms with Crippen molar-refractivity contribution in [2.75, 3.05) is 0 Å². The van der Waals surface area contributed by atoms with Gasteiger partial charge in [-0.25, -0.2) is 0 Å². The van der Waals surface area contributed by atoms with E-state index in [9.17, 15) is 0 Å². The largest absolute Gasteiger partial charge is 0.0988 e. The monoisotopic (exact) mass is 274 g/mol. The second-order valence-corrected chi connectivity index (χ2v) is 5.05. The Kier molecular flexibility index (Phi) is 5.78. The fourth-order valence-electron chi connectivity index (χ4n) is 2.50. The number of allylic oxidation sites excluding steroid dienone is 5. The Morgan fingerprint density at radius 3 is 2.19 bits per heavy atom. The molecule has 0 aliphatic heterocycles. The Morgan fingerprint density at radius 1 is 1.00 bits per heavy atom. The number of hydrogen-bond acceptors (Lipinski definition) is 0. The van der Waals surface area contributed by atoms with Gasteiger partial charge in [-0.15, -0.1) is 0 Å². The van der Waals surface area contributed by atoms with Crippen LogP contribution in [0.3, 0.4) is 0 Å². The lowest BCUT2D eigenvalue weighted by Crippen LogP contribution is -2.05. The van der Waals surface area contributed by atoms with Gasteiger partial charge >= 0.3 is 0 Å². The van der Waals surface area contributed by atoms with E-state index in [0.29, 0.717) is 5.92 Å². The second-order valence-electron chi connectivity index (χ2n) is 5.05. The fraction of sp³-hybridized carbons (Fsp3) is 0.143. The number of rotatable bonds is 6. The molecule has 0 aliphatic rings. The van der Waals surface area contributed by atoms with Crippen LogP contribution >= 0.6 is 0 Å². The zero-order chi connectivity index (χ0) is 14.9. The van der Waals surface area contributed by atoms with E-state index in [1.165, 1.54) is 16.7 Å². The lowest BCUT2D eigenvalue weighted by atomic mass is 9.85. The Morgan fingerprint density at radius 2 is 1.62 bits per heavy atom. The molecule has 0 bridgehead atoms. The summed E-state index contributed by atoms with van der Waals surface area (Å²) in [6.07, 6.45) is 9.25. The van der Waals surface area contributed by atoms with E-state index in [0.717, 1.165) is 6.42 Å². The minimum Gasteiger partial charge on any atom is -0.0988 e. The van der Waals surface area contributed by atoms with Crippen LogP contribution in [0.2, 0.25) is 0 Å². The summed E-state index contributed by atoms with van der Waals surface area (Å²) in [6, 6.07) is 21.3. The maximum Gasteiger partial charge on any atom is 0.0129 e. The van der Waals surface area contributed by atoms with Crippen LogP contribution in [0.15, 0.2) is 97.1 Å². The average Bonchev–Trinajstić information content (AvgIpc) is 2.56. The first kappa shape index (κ1) is 15.1. The van der Waals surface area contributed by atoms with Gasteiger partial charge in [-0.1, -0.05) is 91.5 Å². The molecule has 21 heavy (non-hydrogen) atoms. The van der Waals surface area contributed by atoms with Crippen molar-refractivity contribution < 1.29 is 0 Å².